The zero-order valence-corrected chi connectivity index (χ0v) is 17.1. The average Bonchev–Trinajstić information content (AvgIpc) is 2.65. The summed E-state index contributed by atoms with van der Waals surface area (Å²) in [6, 6.07) is 9.27. The fraction of sp³-hybridized carbons (Fsp3) is 0.263. The summed E-state index contributed by atoms with van der Waals surface area (Å²) in [5.74, 6) is -2.26. The molecule has 0 aliphatic heterocycles. The van der Waals surface area contributed by atoms with Gasteiger partial charge in [0, 0.05) is 5.69 Å². The van der Waals surface area contributed by atoms with Gasteiger partial charge in [-0.1, -0.05) is 29.8 Å². The van der Waals surface area contributed by atoms with Gasteiger partial charge in [0.1, 0.15) is 10.7 Å². The first-order valence-electron chi connectivity index (χ1n) is 8.77. The van der Waals surface area contributed by atoms with Gasteiger partial charge in [-0.2, -0.15) is 4.72 Å². The first kappa shape index (κ1) is 22.3. The monoisotopic (exact) mass is 422 g/mol. The molecule has 0 aliphatic carbocycles. The van der Waals surface area contributed by atoms with Crippen molar-refractivity contribution in [3.63, 3.8) is 0 Å². The van der Waals surface area contributed by atoms with Crippen LogP contribution in [0.1, 0.15) is 18.1 Å². The van der Waals surface area contributed by atoms with E-state index in [2.05, 4.69) is 20.9 Å². The standard InChI is InChI=1S/C19H23FN4O4S/c1-12-8-9-16(13(2)10-12)21-11-18(25)22-23-19(26)14(3)24-29(27,28)17-7-5-4-6-15(17)20/h4-10,14,21,24H,11H2,1-3H3,(H,22,25)(H,23,26)/t14-/m0/s1. The number of aryl methyl sites for hydroxylation is 2. The molecule has 10 heteroatoms. The van der Waals surface area contributed by atoms with Crippen molar-refractivity contribution in [3.8, 4) is 0 Å². The number of carbonyl (C=O) groups excluding carboxylic acids is 2. The van der Waals surface area contributed by atoms with Crippen molar-refractivity contribution < 1.29 is 22.4 Å². The molecular weight excluding hydrogens is 399 g/mol. The molecule has 0 spiro atoms. The Labute approximate surface area is 168 Å². The highest BCUT2D eigenvalue weighted by Gasteiger charge is 2.24. The van der Waals surface area contributed by atoms with Gasteiger partial charge in [-0.3, -0.25) is 20.4 Å². The molecule has 0 aromatic heterocycles. The largest absolute Gasteiger partial charge is 0.376 e. The summed E-state index contributed by atoms with van der Waals surface area (Å²) >= 11 is 0. The molecule has 0 unspecified atom stereocenters. The summed E-state index contributed by atoms with van der Waals surface area (Å²) in [7, 11) is -4.24. The summed E-state index contributed by atoms with van der Waals surface area (Å²) in [4.78, 5) is 23.4. The van der Waals surface area contributed by atoms with Gasteiger partial charge < -0.3 is 5.32 Å². The number of halogens is 1. The van der Waals surface area contributed by atoms with Crippen LogP contribution in [0.25, 0.3) is 0 Å². The molecule has 1 atom stereocenters. The molecule has 8 nitrogen and oxygen atoms in total. The van der Waals surface area contributed by atoms with E-state index in [0.29, 0.717) is 0 Å². The van der Waals surface area contributed by atoms with Gasteiger partial charge in [-0.25, -0.2) is 12.8 Å². The minimum atomic E-state index is -4.24. The number of rotatable bonds is 7. The fourth-order valence-corrected chi connectivity index (χ4v) is 3.77. The first-order valence-corrected chi connectivity index (χ1v) is 10.2. The predicted molar refractivity (Wildman–Crippen MR) is 107 cm³/mol. The normalized spacial score (nSPS) is 12.1. The van der Waals surface area contributed by atoms with Crippen molar-refractivity contribution in [1.29, 1.82) is 0 Å². The highest BCUT2D eigenvalue weighted by Crippen LogP contribution is 2.15. The van der Waals surface area contributed by atoms with E-state index in [9.17, 15) is 22.4 Å². The van der Waals surface area contributed by atoms with Crippen molar-refractivity contribution in [2.45, 2.75) is 31.7 Å². The summed E-state index contributed by atoms with van der Waals surface area (Å²) < 4.78 is 40.1. The van der Waals surface area contributed by atoms with Gasteiger partial charge in [0.2, 0.25) is 10.0 Å². The van der Waals surface area contributed by atoms with E-state index in [1.807, 2.05) is 32.0 Å². The third-order valence-electron chi connectivity index (χ3n) is 4.00. The smallest absolute Gasteiger partial charge is 0.257 e. The Bertz CT molecular complexity index is 1010. The molecular formula is C19H23FN4O4S. The van der Waals surface area contributed by atoms with Crippen LogP contribution in [-0.4, -0.2) is 32.8 Å². The number of carbonyl (C=O) groups is 2. The number of hydrogen-bond acceptors (Lipinski definition) is 5. The van der Waals surface area contributed by atoms with E-state index < -0.39 is 38.6 Å². The van der Waals surface area contributed by atoms with Crippen molar-refractivity contribution in [2.24, 2.45) is 0 Å². The molecule has 0 fully saturated rings. The maximum absolute atomic E-state index is 13.7. The number of amides is 2. The van der Waals surface area contributed by atoms with Gasteiger partial charge >= 0.3 is 0 Å². The van der Waals surface area contributed by atoms with Crippen LogP contribution in [0, 0.1) is 19.7 Å². The van der Waals surface area contributed by atoms with E-state index in [1.165, 1.54) is 19.1 Å². The maximum Gasteiger partial charge on any atom is 0.257 e. The second-order valence-corrected chi connectivity index (χ2v) is 8.17. The van der Waals surface area contributed by atoms with Crippen LogP contribution < -0.4 is 20.9 Å². The maximum atomic E-state index is 13.7. The van der Waals surface area contributed by atoms with Gasteiger partial charge in [0.05, 0.1) is 12.6 Å². The third kappa shape index (κ3) is 6.26. The molecule has 156 valence electrons. The highest BCUT2D eigenvalue weighted by atomic mass is 32.2. The van der Waals surface area contributed by atoms with Crippen LogP contribution in [0.5, 0.6) is 0 Å². The van der Waals surface area contributed by atoms with Crippen LogP contribution in [0.3, 0.4) is 0 Å². The molecule has 2 amide bonds. The van der Waals surface area contributed by atoms with Gasteiger partial charge in [-0.05, 0) is 44.5 Å². The third-order valence-corrected chi connectivity index (χ3v) is 5.57. The van der Waals surface area contributed by atoms with Gasteiger partial charge in [-0.15, -0.1) is 0 Å². The van der Waals surface area contributed by atoms with E-state index in [-0.39, 0.29) is 6.54 Å². The Hall–Kier alpha value is -2.98. The Balaban J connectivity index is 1.85. The lowest BCUT2D eigenvalue weighted by Gasteiger charge is -2.15. The molecule has 0 saturated carbocycles. The Morgan fingerprint density at radius 3 is 2.41 bits per heavy atom. The average molecular weight is 422 g/mol. The Morgan fingerprint density at radius 1 is 1.07 bits per heavy atom. The molecule has 0 aliphatic rings. The number of benzene rings is 2. The second-order valence-electron chi connectivity index (χ2n) is 6.48. The molecule has 2 aromatic rings. The van der Waals surface area contributed by atoms with Crippen molar-refractivity contribution >= 4 is 27.5 Å². The number of hydrogen-bond donors (Lipinski definition) is 4. The van der Waals surface area contributed by atoms with Gasteiger partial charge in [0.15, 0.2) is 0 Å². The van der Waals surface area contributed by atoms with Crippen LogP contribution >= 0.6 is 0 Å². The van der Waals surface area contributed by atoms with E-state index in [0.717, 1.165) is 28.9 Å². The zero-order chi connectivity index (χ0) is 21.6. The van der Waals surface area contributed by atoms with Crippen LogP contribution in [0.4, 0.5) is 10.1 Å². The SMILES string of the molecule is Cc1ccc(NCC(=O)NNC(=O)[C@H](C)NS(=O)(=O)c2ccccc2F)c(C)c1. The molecule has 2 aromatic carbocycles. The zero-order valence-electron chi connectivity index (χ0n) is 16.2. The highest BCUT2D eigenvalue weighted by molar-refractivity contribution is 7.89. The minimum Gasteiger partial charge on any atom is -0.376 e. The van der Waals surface area contributed by atoms with Crippen molar-refractivity contribution in [3.05, 3.63) is 59.4 Å². The fourth-order valence-electron chi connectivity index (χ4n) is 2.48. The Morgan fingerprint density at radius 2 is 1.76 bits per heavy atom. The van der Waals surface area contributed by atoms with Crippen molar-refractivity contribution in [1.82, 2.24) is 15.6 Å². The molecule has 0 heterocycles. The summed E-state index contributed by atoms with van der Waals surface area (Å²) in [5, 5.41) is 2.94. The topological polar surface area (TPSA) is 116 Å². The molecule has 0 saturated heterocycles. The number of nitrogens with one attached hydrogen (secondary N) is 4. The predicted octanol–water partition coefficient (Wildman–Crippen LogP) is 1.37. The van der Waals surface area contributed by atoms with E-state index in [1.54, 1.807) is 0 Å². The lowest BCUT2D eigenvalue weighted by atomic mass is 10.1. The minimum absolute atomic E-state index is 0.0977. The van der Waals surface area contributed by atoms with E-state index >= 15 is 0 Å². The second kappa shape index (κ2) is 9.48. The van der Waals surface area contributed by atoms with Crippen LogP contribution in [0.2, 0.25) is 0 Å². The van der Waals surface area contributed by atoms with Crippen LogP contribution in [-0.2, 0) is 19.6 Å². The number of sulfonamides is 1. The molecule has 4 N–H and O–H groups in total. The van der Waals surface area contributed by atoms with Gasteiger partial charge in [0.25, 0.3) is 11.8 Å². The molecule has 0 bridgehead atoms. The lowest BCUT2D eigenvalue weighted by molar-refractivity contribution is -0.128. The first-order chi connectivity index (χ1) is 13.6. The van der Waals surface area contributed by atoms with E-state index in [4.69, 9.17) is 0 Å². The summed E-state index contributed by atoms with van der Waals surface area (Å²) in [5.41, 5.74) is 7.17. The summed E-state index contributed by atoms with van der Waals surface area (Å²) in [6.07, 6.45) is 0. The molecule has 29 heavy (non-hydrogen) atoms. The lowest BCUT2D eigenvalue weighted by Crippen LogP contribution is -2.52. The molecule has 0 radical (unpaired) electrons. The number of hydrazine groups is 1. The quantitative estimate of drug-likeness (QED) is 0.503. The summed E-state index contributed by atoms with van der Waals surface area (Å²) in [6.45, 7) is 5.03. The molecule has 2 rings (SSSR count). The number of anilines is 1. The van der Waals surface area contributed by atoms with Crippen molar-refractivity contribution in [2.75, 3.05) is 11.9 Å². The van der Waals surface area contributed by atoms with Crippen LogP contribution in [0.15, 0.2) is 47.4 Å². The Kier molecular flexibility index (Phi) is 7.29.